The van der Waals surface area contributed by atoms with Gasteiger partial charge in [0, 0.05) is 6.54 Å². The van der Waals surface area contributed by atoms with Gasteiger partial charge in [-0.3, -0.25) is 0 Å². The van der Waals surface area contributed by atoms with E-state index in [0.717, 1.165) is 5.69 Å². The highest BCUT2D eigenvalue weighted by Gasteiger charge is 1.88. The molecule has 9 heavy (non-hydrogen) atoms. The molecule has 0 bridgehead atoms. The lowest BCUT2D eigenvalue weighted by Crippen LogP contribution is -2.02. The van der Waals surface area contributed by atoms with E-state index in [0.29, 0.717) is 12.4 Å². The number of hydrogen-bond acceptors (Lipinski definition) is 4. The fourth-order valence-electron chi connectivity index (χ4n) is 0.479. The highest BCUT2D eigenvalue weighted by Crippen LogP contribution is 1.94. The number of nitrogens with zero attached hydrogens (tertiary/aromatic N) is 2. The van der Waals surface area contributed by atoms with Crippen LogP contribution < -0.4 is 11.5 Å². The quantitative estimate of drug-likeness (QED) is 0.530. The topological polar surface area (TPSA) is 77.8 Å². The molecule has 1 heterocycles. The second-order valence-corrected chi connectivity index (χ2v) is 1.65. The molecular weight excluding hydrogens is 116 g/mol. The standard InChI is InChI=1S/C5H8N4/c6-3-4-1-2-5(7)9-8-4/h1-2H,3,6H2,(H2,7,9). The van der Waals surface area contributed by atoms with E-state index in [9.17, 15) is 0 Å². The van der Waals surface area contributed by atoms with Crippen LogP contribution in [-0.4, -0.2) is 10.2 Å². The van der Waals surface area contributed by atoms with Crippen LogP contribution in [0.4, 0.5) is 5.82 Å². The van der Waals surface area contributed by atoms with Crippen molar-refractivity contribution >= 4 is 5.82 Å². The van der Waals surface area contributed by atoms with Gasteiger partial charge < -0.3 is 11.5 Å². The molecule has 4 nitrogen and oxygen atoms in total. The normalized spacial score (nSPS) is 9.44. The molecule has 0 saturated heterocycles. The monoisotopic (exact) mass is 124 g/mol. The van der Waals surface area contributed by atoms with Crippen LogP contribution >= 0.6 is 0 Å². The number of hydrogen-bond donors (Lipinski definition) is 2. The Labute approximate surface area is 52.9 Å². The summed E-state index contributed by atoms with van der Waals surface area (Å²) in [7, 11) is 0. The third-order valence-corrected chi connectivity index (χ3v) is 0.950. The summed E-state index contributed by atoms with van der Waals surface area (Å²) in [4.78, 5) is 0. The van der Waals surface area contributed by atoms with Crippen molar-refractivity contribution in [1.82, 2.24) is 10.2 Å². The van der Waals surface area contributed by atoms with Crippen molar-refractivity contribution in [3.05, 3.63) is 17.8 Å². The van der Waals surface area contributed by atoms with Gasteiger partial charge in [-0.15, -0.1) is 5.10 Å². The lowest BCUT2D eigenvalue weighted by Gasteiger charge is -1.92. The minimum absolute atomic E-state index is 0.410. The van der Waals surface area contributed by atoms with Crippen molar-refractivity contribution in [1.29, 1.82) is 0 Å². The molecule has 0 aliphatic rings. The maximum atomic E-state index is 5.27. The molecule has 0 saturated carbocycles. The summed E-state index contributed by atoms with van der Waals surface area (Å²) in [6.45, 7) is 0.410. The fraction of sp³-hybridized carbons (Fsp3) is 0.200. The molecule has 1 rings (SSSR count). The first kappa shape index (κ1) is 5.97. The minimum Gasteiger partial charge on any atom is -0.382 e. The average Bonchev–Trinajstić information content (AvgIpc) is 1.90. The summed E-state index contributed by atoms with van der Waals surface area (Å²) in [5.41, 5.74) is 11.3. The fourth-order valence-corrected chi connectivity index (χ4v) is 0.479. The van der Waals surface area contributed by atoms with Crippen molar-refractivity contribution in [2.24, 2.45) is 5.73 Å². The van der Waals surface area contributed by atoms with Gasteiger partial charge in [0.15, 0.2) is 0 Å². The van der Waals surface area contributed by atoms with Gasteiger partial charge in [0.05, 0.1) is 5.69 Å². The predicted octanol–water partition coefficient (Wildman–Crippen LogP) is -0.483. The van der Waals surface area contributed by atoms with Crippen molar-refractivity contribution in [3.63, 3.8) is 0 Å². The van der Waals surface area contributed by atoms with Crippen LogP contribution in [0, 0.1) is 0 Å². The van der Waals surface area contributed by atoms with Gasteiger partial charge in [-0.25, -0.2) is 0 Å². The molecule has 0 fully saturated rings. The van der Waals surface area contributed by atoms with E-state index in [1.54, 1.807) is 12.1 Å². The summed E-state index contributed by atoms with van der Waals surface area (Å²) in [6.07, 6.45) is 0. The molecule has 48 valence electrons. The number of rotatable bonds is 1. The highest BCUT2D eigenvalue weighted by atomic mass is 15.1. The number of aromatic nitrogens is 2. The zero-order chi connectivity index (χ0) is 6.69. The van der Waals surface area contributed by atoms with Crippen LogP contribution in [0.5, 0.6) is 0 Å². The largest absolute Gasteiger partial charge is 0.382 e. The summed E-state index contributed by atoms with van der Waals surface area (Å²) in [5, 5.41) is 7.29. The van der Waals surface area contributed by atoms with E-state index < -0.39 is 0 Å². The highest BCUT2D eigenvalue weighted by molar-refractivity contribution is 5.25. The first-order chi connectivity index (χ1) is 4.33. The molecule has 1 aromatic rings. The first-order valence-corrected chi connectivity index (χ1v) is 2.61. The van der Waals surface area contributed by atoms with Gasteiger partial charge in [0.2, 0.25) is 0 Å². The van der Waals surface area contributed by atoms with Crippen molar-refractivity contribution in [3.8, 4) is 0 Å². The molecule has 0 amide bonds. The lowest BCUT2D eigenvalue weighted by molar-refractivity contribution is 0.904. The third kappa shape index (κ3) is 1.36. The van der Waals surface area contributed by atoms with E-state index in [2.05, 4.69) is 10.2 Å². The molecule has 0 atom stereocenters. The molecule has 0 unspecified atom stereocenters. The van der Waals surface area contributed by atoms with Crippen molar-refractivity contribution in [2.75, 3.05) is 5.73 Å². The average molecular weight is 124 g/mol. The van der Waals surface area contributed by atoms with Crippen molar-refractivity contribution in [2.45, 2.75) is 6.54 Å². The van der Waals surface area contributed by atoms with E-state index in [1.165, 1.54) is 0 Å². The zero-order valence-corrected chi connectivity index (χ0v) is 4.91. The molecule has 0 aromatic carbocycles. The molecular formula is C5H8N4. The number of anilines is 1. The summed E-state index contributed by atoms with van der Waals surface area (Å²) in [6, 6.07) is 3.43. The van der Waals surface area contributed by atoms with Crippen LogP contribution in [-0.2, 0) is 6.54 Å². The van der Waals surface area contributed by atoms with Gasteiger partial charge in [-0.05, 0) is 12.1 Å². The van der Waals surface area contributed by atoms with Gasteiger partial charge in [0.25, 0.3) is 0 Å². The predicted molar refractivity (Wildman–Crippen MR) is 34.3 cm³/mol. The maximum Gasteiger partial charge on any atom is 0.146 e. The van der Waals surface area contributed by atoms with Gasteiger partial charge >= 0.3 is 0 Å². The van der Waals surface area contributed by atoms with Crippen LogP contribution in [0.15, 0.2) is 12.1 Å². The summed E-state index contributed by atoms with van der Waals surface area (Å²) >= 11 is 0. The Hall–Kier alpha value is -1.16. The second-order valence-electron chi connectivity index (χ2n) is 1.65. The summed E-state index contributed by atoms with van der Waals surface area (Å²) < 4.78 is 0. The molecule has 4 heteroatoms. The zero-order valence-electron chi connectivity index (χ0n) is 4.91. The lowest BCUT2D eigenvalue weighted by atomic mass is 10.4. The Morgan fingerprint density at radius 2 is 2.11 bits per heavy atom. The van der Waals surface area contributed by atoms with Crippen LogP contribution in [0.25, 0.3) is 0 Å². The Bertz CT molecular complexity index is 181. The Kier molecular flexibility index (Phi) is 1.60. The van der Waals surface area contributed by atoms with Gasteiger partial charge in [0.1, 0.15) is 5.82 Å². The molecule has 0 aliphatic carbocycles. The second kappa shape index (κ2) is 2.41. The SMILES string of the molecule is NCc1ccc(N)nn1. The Balaban J connectivity index is 2.88. The van der Waals surface area contributed by atoms with Crippen LogP contribution in [0.3, 0.4) is 0 Å². The Morgan fingerprint density at radius 1 is 1.33 bits per heavy atom. The van der Waals surface area contributed by atoms with Crippen molar-refractivity contribution < 1.29 is 0 Å². The molecule has 0 radical (unpaired) electrons. The number of nitrogen functional groups attached to an aromatic ring is 1. The Morgan fingerprint density at radius 3 is 2.56 bits per heavy atom. The minimum atomic E-state index is 0.410. The van der Waals surface area contributed by atoms with Gasteiger partial charge in [-0.2, -0.15) is 5.10 Å². The molecule has 0 aliphatic heterocycles. The molecule has 0 spiro atoms. The maximum absolute atomic E-state index is 5.27. The molecule has 1 aromatic heterocycles. The van der Waals surface area contributed by atoms with Crippen LogP contribution in [0.1, 0.15) is 5.69 Å². The third-order valence-electron chi connectivity index (χ3n) is 0.950. The van der Waals surface area contributed by atoms with E-state index >= 15 is 0 Å². The van der Waals surface area contributed by atoms with E-state index in [4.69, 9.17) is 11.5 Å². The number of nitrogens with two attached hydrogens (primary N) is 2. The van der Waals surface area contributed by atoms with E-state index in [1.807, 2.05) is 0 Å². The van der Waals surface area contributed by atoms with E-state index in [-0.39, 0.29) is 0 Å². The van der Waals surface area contributed by atoms with Crippen LogP contribution in [0.2, 0.25) is 0 Å². The van der Waals surface area contributed by atoms with Gasteiger partial charge in [-0.1, -0.05) is 0 Å². The summed E-state index contributed by atoms with van der Waals surface area (Å²) in [5.74, 6) is 0.423. The molecule has 4 N–H and O–H groups in total. The smallest absolute Gasteiger partial charge is 0.146 e. The first-order valence-electron chi connectivity index (χ1n) is 2.61.